The fourth-order valence-corrected chi connectivity index (χ4v) is 2.46. The maximum Gasteiger partial charge on any atom is 0.0633 e. The van der Waals surface area contributed by atoms with Crippen LogP contribution >= 0.6 is 0 Å². The maximum atomic E-state index is 9.58. The highest BCUT2D eigenvalue weighted by Gasteiger charge is 2.22. The Balaban J connectivity index is 2.54. The van der Waals surface area contributed by atoms with Gasteiger partial charge in [-0.25, -0.2) is 0 Å². The van der Waals surface area contributed by atoms with Crippen molar-refractivity contribution in [2.75, 3.05) is 13.1 Å². The van der Waals surface area contributed by atoms with Crippen LogP contribution < -0.4 is 5.73 Å². The first-order valence-corrected chi connectivity index (χ1v) is 8.33. The predicted octanol–water partition coefficient (Wildman–Crippen LogP) is 3.20. The molecular weight excluding hydrogens is 274 g/mol. The normalized spacial score (nSPS) is 15.8. The summed E-state index contributed by atoms with van der Waals surface area (Å²) in [6.07, 6.45) is 8.56. The highest BCUT2D eigenvalue weighted by atomic mass is 16.3. The lowest BCUT2D eigenvalue weighted by Gasteiger charge is -2.24. The molecule has 0 spiro atoms. The van der Waals surface area contributed by atoms with Gasteiger partial charge in [-0.1, -0.05) is 63.3 Å². The van der Waals surface area contributed by atoms with Crippen LogP contribution in [-0.4, -0.2) is 28.9 Å². The van der Waals surface area contributed by atoms with E-state index < -0.39 is 18.7 Å². The molecule has 0 aliphatic heterocycles. The van der Waals surface area contributed by atoms with Crippen LogP contribution in [0.25, 0.3) is 0 Å². The smallest absolute Gasteiger partial charge is 0.0633 e. The van der Waals surface area contributed by atoms with Crippen molar-refractivity contribution in [3.63, 3.8) is 0 Å². The molecule has 0 amide bonds. The van der Waals surface area contributed by atoms with E-state index in [-0.39, 0.29) is 12.8 Å². The molecule has 0 radical (unpaired) electrons. The van der Waals surface area contributed by atoms with Gasteiger partial charge >= 0.3 is 0 Å². The number of rotatable bonds is 12. The van der Waals surface area contributed by atoms with Crippen LogP contribution in [0.4, 0.5) is 0 Å². The van der Waals surface area contributed by atoms with Crippen LogP contribution in [0.15, 0.2) is 24.3 Å². The molecule has 0 bridgehead atoms. The maximum absolute atomic E-state index is 9.58. The number of nitrogens with two attached hydrogens (primary N) is 1. The van der Waals surface area contributed by atoms with Gasteiger partial charge in [0.1, 0.15) is 0 Å². The number of benzene rings is 1. The summed E-state index contributed by atoms with van der Waals surface area (Å²) in [7, 11) is 0. The van der Waals surface area contributed by atoms with Crippen LogP contribution in [0.2, 0.25) is 0 Å². The fraction of sp³-hybridized carbons (Fsp3) is 0.684. The van der Waals surface area contributed by atoms with E-state index in [4.69, 9.17) is 11.2 Å². The molecular formula is C19H33NO2. The van der Waals surface area contributed by atoms with E-state index in [1.165, 1.54) is 37.7 Å². The van der Waals surface area contributed by atoms with Gasteiger partial charge in [-0.05, 0) is 36.8 Å². The minimum atomic E-state index is -3.04. The number of unbranched alkanes of at least 4 members (excludes halogenated alkanes) is 5. The Morgan fingerprint density at radius 3 is 1.95 bits per heavy atom. The first kappa shape index (κ1) is 13.5. The van der Waals surface area contributed by atoms with Crippen molar-refractivity contribution in [3.05, 3.63) is 35.4 Å². The molecule has 0 aliphatic rings. The second-order valence-electron chi connectivity index (χ2n) is 6.03. The molecule has 3 nitrogen and oxygen atoms in total. The van der Waals surface area contributed by atoms with Gasteiger partial charge in [-0.2, -0.15) is 0 Å². The lowest BCUT2D eigenvalue weighted by Crippen LogP contribution is -2.47. The van der Waals surface area contributed by atoms with Crippen LogP contribution in [0, 0.1) is 0 Å². The zero-order valence-electron chi connectivity index (χ0n) is 17.6. The largest absolute Gasteiger partial charge is 0.394 e. The third-order valence-electron chi connectivity index (χ3n) is 4.05. The SMILES string of the molecule is [2H]C([2H])(O)C(N)(CCc1ccc(CCCCCCCC)cc1)C([2H])([2H])O. The second kappa shape index (κ2) is 10.8. The van der Waals surface area contributed by atoms with Gasteiger partial charge in [0.25, 0.3) is 0 Å². The predicted molar refractivity (Wildman–Crippen MR) is 92.9 cm³/mol. The van der Waals surface area contributed by atoms with Gasteiger partial charge in [0.05, 0.1) is 24.1 Å². The van der Waals surface area contributed by atoms with Gasteiger partial charge in [0.2, 0.25) is 0 Å². The molecule has 0 fully saturated rings. The fourth-order valence-electron chi connectivity index (χ4n) is 2.46. The van der Waals surface area contributed by atoms with Crippen molar-refractivity contribution in [2.45, 2.75) is 70.3 Å². The van der Waals surface area contributed by atoms with Crippen LogP contribution in [-0.2, 0) is 12.8 Å². The molecule has 0 heterocycles. The molecule has 1 rings (SSSR count). The van der Waals surface area contributed by atoms with Crippen molar-refractivity contribution in [1.82, 2.24) is 0 Å². The molecule has 126 valence electrons. The zero-order chi connectivity index (χ0) is 19.8. The third kappa shape index (κ3) is 7.39. The minimum Gasteiger partial charge on any atom is -0.394 e. The van der Waals surface area contributed by atoms with Crippen molar-refractivity contribution in [3.8, 4) is 0 Å². The van der Waals surface area contributed by atoms with E-state index >= 15 is 0 Å². The van der Waals surface area contributed by atoms with Gasteiger partial charge < -0.3 is 15.9 Å². The van der Waals surface area contributed by atoms with E-state index in [9.17, 15) is 10.2 Å². The van der Waals surface area contributed by atoms with E-state index in [2.05, 4.69) is 6.92 Å². The van der Waals surface area contributed by atoms with E-state index in [0.717, 1.165) is 18.4 Å². The number of aryl methyl sites for hydroxylation is 2. The molecule has 0 aliphatic carbocycles. The molecule has 22 heavy (non-hydrogen) atoms. The second-order valence-corrected chi connectivity index (χ2v) is 6.03. The quantitative estimate of drug-likeness (QED) is 0.519. The Labute approximate surface area is 141 Å². The molecule has 1 aromatic carbocycles. The highest BCUT2D eigenvalue weighted by molar-refractivity contribution is 5.23. The Morgan fingerprint density at radius 2 is 1.41 bits per heavy atom. The number of hydrogen-bond donors (Lipinski definition) is 3. The van der Waals surface area contributed by atoms with Crippen molar-refractivity contribution in [1.29, 1.82) is 0 Å². The lowest BCUT2D eigenvalue weighted by molar-refractivity contribution is 0.115. The topological polar surface area (TPSA) is 66.5 Å². The molecule has 0 unspecified atom stereocenters. The van der Waals surface area contributed by atoms with Crippen molar-refractivity contribution < 1.29 is 15.7 Å². The summed E-state index contributed by atoms with van der Waals surface area (Å²) in [4.78, 5) is 0. The molecule has 0 saturated heterocycles. The molecule has 4 N–H and O–H groups in total. The summed E-state index contributed by atoms with van der Waals surface area (Å²) in [5, 5.41) is 19.2. The van der Waals surface area contributed by atoms with Gasteiger partial charge in [-0.3, -0.25) is 0 Å². The average molecular weight is 312 g/mol. The summed E-state index contributed by atoms with van der Waals surface area (Å²) in [6, 6.07) is 7.85. The molecule has 1 aromatic rings. The Hall–Kier alpha value is -0.900. The summed E-state index contributed by atoms with van der Waals surface area (Å²) in [6.45, 7) is -3.87. The minimum absolute atomic E-state index is 0.225. The molecule has 0 saturated carbocycles. The summed E-state index contributed by atoms with van der Waals surface area (Å²) < 4.78 is 29.5. The van der Waals surface area contributed by atoms with E-state index in [1.54, 1.807) is 0 Å². The third-order valence-corrected chi connectivity index (χ3v) is 4.05. The number of aliphatic hydroxyl groups is 2. The van der Waals surface area contributed by atoms with Crippen LogP contribution in [0.1, 0.15) is 68.5 Å². The van der Waals surface area contributed by atoms with E-state index in [0.29, 0.717) is 0 Å². The van der Waals surface area contributed by atoms with Gasteiger partial charge in [0, 0.05) is 0 Å². The Morgan fingerprint density at radius 1 is 0.909 bits per heavy atom. The summed E-state index contributed by atoms with van der Waals surface area (Å²) >= 11 is 0. The Kier molecular flexibility index (Phi) is 6.62. The van der Waals surface area contributed by atoms with Crippen molar-refractivity contribution in [2.24, 2.45) is 5.73 Å². The first-order valence-electron chi connectivity index (χ1n) is 10.3. The van der Waals surface area contributed by atoms with Gasteiger partial charge in [-0.15, -0.1) is 0 Å². The number of hydrogen-bond acceptors (Lipinski definition) is 3. The zero-order valence-corrected chi connectivity index (χ0v) is 13.6. The molecule has 0 atom stereocenters. The van der Waals surface area contributed by atoms with Crippen LogP contribution in [0.3, 0.4) is 0 Å². The monoisotopic (exact) mass is 311 g/mol. The van der Waals surface area contributed by atoms with Crippen molar-refractivity contribution >= 4 is 0 Å². The lowest BCUT2D eigenvalue weighted by atomic mass is 9.93. The van der Waals surface area contributed by atoms with E-state index in [1.807, 2.05) is 24.3 Å². The van der Waals surface area contributed by atoms with Gasteiger partial charge in [0.15, 0.2) is 0 Å². The molecule has 0 aromatic heterocycles. The standard InChI is InChI=1S/C19H33NO2/c1-2-3-4-5-6-7-8-17-9-11-18(12-10-17)13-14-19(20,15-21)16-22/h9-12,21-22H,2-8,13-16,20H2,1H3/i15D2,16D2. The summed E-state index contributed by atoms with van der Waals surface area (Å²) in [5.41, 5.74) is 5.39. The Bertz CT molecular complexity index is 510. The van der Waals surface area contributed by atoms with Crippen LogP contribution in [0.5, 0.6) is 0 Å². The molecule has 3 heteroatoms. The first-order chi connectivity index (χ1) is 12.0. The highest BCUT2D eigenvalue weighted by Crippen LogP contribution is 2.14. The summed E-state index contributed by atoms with van der Waals surface area (Å²) in [5.74, 6) is 0. The average Bonchev–Trinajstić information content (AvgIpc) is 2.54.